The molecule has 1 N–H and O–H groups in total. The largest absolute Gasteiger partial charge is 0.514 e. The highest BCUT2D eigenvalue weighted by molar-refractivity contribution is 7.86. The molecule has 0 radical (unpaired) electrons. The van der Waals surface area contributed by atoms with Crippen molar-refractivity contribution in [1.82, 2.24) is 14.8 Å². The summed E-state index contributed by atoms with van der Waals surface area (Å²) in [7, 11) is -3.82. The Morgan fingerprint density at radius 2 is 1.87 bits per heavy atom. The van der Waals surface area contributed by atoms with Crippen LogP contribution in [0.2, 0.25) is 5.02 Å². The number of benzene rings is 1. The van der Waals surface area contributed by atoms with Crippen LogP contribution in [-0.2, 0) is 19.0 Å². The number of pyridine rings is 1. The van der Waals surface area contributed by atoms with E-state index in [0.717, 1.165) is 12.3 Å². The van der Waals surface area contributed by atoms with E-state index >= 15 is 4.39 Å². The lowest BCUT2D eigenvalue weighted by Gasteiger charge is -2.38. The van der Waals surface area contributed by atoms with Crippen LogP contribution in [0.25, 0.3) is 11.3 Å². The highest BCUT2D eigenvalue weighted by Gasteiger charge is 2.43. The van der Waals surface area contributed by atoms with Crippen molar-refractivity contribution in [2.24, 2.45) is 0 Å². The minimum absolute atomic E-state index is 0.00319. The van der Waals surface area contributed by atoms with Gasteiger partial charge in [-0.05, 0) is 46.2 Å². The molecule has 0 bridgehead atoms. The van der Waals surface area contributed by atoms with Crippen LogP contribution in [0.1, 0.15) is 44.5 Å². The third-order valence-electron chi connectivity index (χ3n) is 7.64. The molecule has 2 aromatic rings. The molecule has 5 rings (SSSR count). The summed E-state index contributed by atoms with van der Waals surface area (Å²) < 4.78 is 61.6. The van der Waals surface area contributed by atoms with E-state index in [-0.39, 0.29) is 78.4 Å². The van der Waals surface area contributed by atoms with Crippen molar-refractivity contribution in [2.45, 2.75) is 57.9 Å². The van der Waals surface area contributed by atoms with E-state index in [1.807, 2.05) is 0 Å². The Balaban J connectivity index is 1.67. The number of carboxylic acid groups (broad SMARTS) is 1. The number of rotatable bonds is 5. The van der Waals surface area contributed by atoms with Crippen molar-refractivity contribution < 1.29 is 50.7 Å². The highest BCUT2D eigenvalue weighted by Crippen LogP contribution is 2.47. The van der Waals surface area contributed by atoms with E-state index in [0.29, 0.717) is 0 Å². The van der Waals surface area contributed by atoms with Gasteiger partial charge in [-0.15, -0.1) is 0 Å². The zero-order valence-electron chi connectivity index (χ0n) is 25.8. The first kappa shape index (κ1) is 33.5. The Morgan fingerprint density at radius 1 is 1.15 bits per heavy atom. The maximum absolute atomic E-state index is 15.7. The van der Waals surface area contributed by atoms with E-state index in [4.69, 9.17) is 30.0 Å². The first-order valence-corrected chi connectivity index (χ1v) is 16.6. The molecule has 0 aliphatic carbocycles. The molecule has 0 spiro atoms. The molecule has 46 heavy (non-hydrogen) atoms. The number of ether oxygens (including phenoxy) is 3. The Hall–Kier alpha value is -3.89. The smallest absolute Gasteiger partial charge is 0.489 e. The zero-order valence-corrected chi connectivity index (χ0v) is 27.4. The topological polar surface area (TPSA) is 165 Å². The van der Waals surface area contributed by atoms with Gasteiger partial charge in [-0.1, -0.05) is 17.7 Å². The number of halogens is 2. The van der Waals surface area contributed by atoms with Crippen molar-refractivity contribution >= 4 is 45.7 Å². The maximum Gasteiger partial charge on any atom is 0.514 e. The second kappa shape index (κ2) is 12.4. The highest BCUT2D eigenvalue weighted by atomic mass is 35.5. The summed E-state index contributed by atoms with van der Waals surface area (Å²) in [5, 5.41) is 9.30. The third kappa shape index (κ3) is 6.93. The van der Waals surface area contributed by atoms with Crippen molar-refractivity contribution in [2.75, 3.05) is 43.9 Å². The fraction of sp³-hybridized carbons (Fsp3) is 0.517. The fourth-order valence-electron chi connectivity index (χ4n) is 5.77. The number of amides is 2. The molecule has 3 atom stereocenters. The fourth-order valence-corrected chi connectivity index (χ4v) is 6.69. The van der Waals surface area contributed by atoms with Crippen LogP contribution in [0.5, 0.6) is 11.5 Å². The summed E-state index contributed by atoms with van der Waals surface area (Å²) in [4.78, 5) is 47.5. The lowest BCUT2D eigenvalue weighted by atomic mass is 10.0. The average Bonchev–Trinajstić information content (AvgIpc) is 3.20. The van der Waals surface area contributed by atoms with Crippen LogP contribution in [0.3, 0.4) is 0 Å². The van der Waals surface area contributed by atoms with Crippen molar-refractivity contribution in [3.63, 3.8) is 0 Å². The van der Waals surface area contributed by atoms with Gasteiger partial charge >= 0.3 is 12.2 Å². The van der Waals surface area contributed by atoms with Gasteiger partial charge in [-0.25, -0.2) is 19.0 Å². The van der Waals surface area contributed by atoms with Crippen molar-refractivity contribution in [3.05, 3.63) is 34.6 Å². The number of carbonyl (C=O) groups excluding carboxylic acids is 2. The first-order valence-electron chi connectivity index (χ1n) is 14.4. The summed E-state index contributed by atoms with van der Waals surface area (Å²) in [6.07, 6.45) is -1.84. The minimum atomic E-state index is -3.82. The number of fused-ring (bicyclic) bond motifs is 2. The lowest BCUT2D eigenvalue weighted by Crippen LogP contribution is -2.57. The molecule has 3 aliphatic rings. The molecule has 2 fully saturated rings. The number of nitrogens with zero attached hydrogens (tertiary/aromatic N) is 4. The van der Waals surface area contributed by atoms with Gasteiger partial charge in [-0.3, -0.25) is 8.98 Å². The van der Waals surface area contributed by atoms with Crippen LogP contribution in [-0.4, -0.2) is 109 Å². The Morgan fingerprint density at radius 3 is 2.52 bits per heavy atom. The van der Waals surface area contributed by atoms with Crippen LogP contribution in [0.15, 0.2) is 18.2 Å². The summed E-state index contributed by atoms with van der Waals surface area (Å²) in [6, 6.07) is 2.67. The Labute approximate surface area is 270 Å². The Kier molecular flexibility index (Phi) is 9.00. The van der Waals surface area contributed by atoms with Gasteiger partial charge < -0.3 is 34.0 Å². The number of hydrogen-bond acceptors (Lipinski definition) is 11. The quantitative estimate of drug-likeness (QED) is 0.274. The van der Waals surface area contributed by atoms with Crippen molar-refractivity contribution in [1.29, 1.82) is 0 Å². The monoisotopic (exact) mass is 684 g/mol. The van der Waals surface area contributed by atoms with Gasteiger partial charge in [0.15, 0.2) is 5.75 Å². The molecule has 2 unspecified atom stereocenters. The van der Waals surface area contributed by atoms with Crippen LogP contribution < -0.4 is 14.4 Å². The number of piperazine rings is 1. The number of carbonyl (C=O) groups is 3. The van der Waals surface area contributed by atoms with Gasteiger partial charge in [0.2, 0.25) is 0 Å². The summed E-state index contributed by atoms with van der Waals surface area (Å²) >= 11 is 6.87. The molecule has 14 nitrogen and oxygen atoms in total. The molecule has 250 valence electrons. The maximum atomic E-state index is 15.7. The van der Waals surface area contributed by atoms with Gasteiger partial charge in [0, 0.05) is 32.2 Å². The SMILES string of the molecule is CC1C[C@@H](OS(C)(=O)=O)CN1c1nc(-c2c(F)cccc2OC(=O)OC(C)(C)C)c(Cl)c2c1C(=O)N1CCN(C(=O)O)CC1CO2. The number of aromatic nitrogens is 1. The third-order valence-corrected chi connectivity index (χ3v) is 8.61. The van der Waals surface area contributed by atoms with Gasteiger partial charge in [0.05, 0.1) is 24.0 Å². The summed E-state index contributed by atoms with van der Waals surface area (Å²) in [5.74, 6) is -1.79. The first-order chi connectivity index (χ1) is 21.4. The molecule has 1 aromatic heterocycles. The molecule has 2 saturated heterocycles. The molecule has 17 heteroatoms. The average molecular weight is 685 g/mol. The molecule has 1 aromatic carbocycles. The van der Waals surface area contributed by atoms with E-state index < -0.39 is 57.9 Å². The standard InChI is InChI=1S/C29H34ClFN4O10S/c1-15-11-17(45-46(5,40)41)13-35(15)25-21-24(42-14-16-12-33(27(37)38)9-10-34(16)26(21)36)22(30)23(32-25)20-18(31)7-6-8-19(20)43-28(39)44-29(2,3)4/h6-8,15-17H,9-14H2,1-5H3,(H,37,38)/t15?,16?,17-/m1/s1. The normalized spacial score (nSPS) is 21.7. The predicted molar refractivity (Wildman–Crippen MR) is 163 cm³/mol. The van der Waals surface area contributed by atoms with Crippen LogP contribution in [0, 0.1) is 5.82 Å². The predicted octanol–water partition coefficient (Wildman–Crippen LogP) is 4.00. The minimum Gasteiger partial charge on any atom is -0.489 e. The molecule has 4 heterocycles. The summed E-state index contributed by atoms with van der Waals surface area (Å²) in [5.41, 5.74) is -1.50. The number of anilines is 1. The van der Waals surface area contributed by atoms with Crippen LogP contribution in [0.4, 0.5) is 19.8 Å². The molecular formula is C29H34ClFN4O10S. The Bertz CT molecular complexity index is 1680. The van der Waals surface area contributed by atoms with E-state index in [9.17, 15) is 27.9 Å². The molecule has 3 aliphatic heterocycles. The lowest BCUT2D eigenvalue weighted by molar-refractivity contribution is 0.0206. The van der Waals surface area contributed by atoms with E-state index in [2.05, 4.69) is 4.98 Å². The molecule has 2 amide bonds. The van der Waals surface area contributed by atoms with E-state index in [1.54, 1.807) is 32.6 Å². The second-order valence-corrected chi connectivity index (χ2v) is 14.3. The van der Waals surface area contributed by atoms with Gasteiger partial charge in [-0.2, -0.15) is 8.42 Å². The van der Waals surface area contributed by atoms with Crippen LogP contribution >= 0.6 is 11.6 Å². The molecular weight excluding hydrogens is 651 g/mol. The van der Waals surface area contributed by atoms with E-state index in [1.165, 1.54) is 21.9 Å². The summed E-state index contributed by atoms with van der Waals surface area (Å²) in [6.45, 7) is 6.64. The number of hydrogen-bond donors (Lipinski definition) is 1. The van der Waals surface area contributed by atoms with Crippen molar-refractivity contribution in [3.8, 4) is 22.8 Å². The second-order valence-electron chi connectivity index (χ2n) is 12.3. The van der Waals surface area contributed by atoms with Gasteiger partial charge in [0.1, 0.15) is 45.9 Å². The molecule has 0 saturated carbocycles. The van der Waals surface area contributed by atoms with Gasteiger partial charge in [0.25, 0.3) is 16.0 Å². The zero-order chi connectivity index (χ0) is 33.7.